The molecule has 0 spiro atoms. The fourth-order valence-electron chi connectivity index (χ4n) is 2.32. The highest BCUT2D eigenvalue weighted by atomic mass is 127. The number of carbonyl (C=O) groups excluding carboxylic acids is 1. The molecule has 31 heavy (non-hydrogen) atoms. The van der Waals surface area contributed by atoms with Gasteiger partial charge in [-0.25, -0.2) is 24.7 Å². The van der Waals surface area contributed by atoms with E-state index < -0.39 is 23.0 Å². The zero-order chi connectivity index (χ0) is 20.3. The zero-order valence-corrected chi connectivity index (χ0v) is 16.6. The number of aromatic carboxylic acids is 1. The van der Waals surface area contributed by atoms with Crippen molar-refractivity contribution < 1.29 is 14.7 Å². The standard InChI is InChI=1S/C8H6N4O2.C8H5N3O3.2CH4.HI/c9-7(13)4-1-2-10-6-5(4)11-3-12-8(6)14;12-7-6-5(10-3-11-7)4(8(13)14)1-2-9-6;;;/h1-3H,(H2,9,13)(H,11,12,14);1-3H,(H,13,14)(H,10,11,12);2*1H4;1H. The zero-order valence-electron chi connectivity index (χ0n) is 14.3. The lowest BCUT2D eigenvalue weighted by molar-refractivity contribution is 0.0698. The number of halogens is 1. The minimum atomic E-state index is -1.13. The Morgan fingerprint density at radius 3 is 1.61 bits per heavy atom. The molecule has 0 fully saturated rings. The second kappa shape index (κ2) is 11.4. The predicted octanol–water partition coefficient (Wildman–Crippen LogP) is 1.32. The van der Waals surface area contributed by atoms with E-state index in [1.165, 1.54) is 30.9 Å². The summed E-state index contributed by atoms with van der Waals surface area (Å²) < 4.78 is 0. The summed E-state index contributed by atoms with van der Waals surface area (Å²) in [6.07, 6.45) is 4.97. The van der Waals surface area contributed by atoms with Crippen LogP contribution in [0.1, 0.15) is 35.6 Å². The van der Waals surface area contributed by atoms with Crippen molar-refractivity contribution in [2.75, 3.05) is 0 Å². The number of hydrogen-bond donors (Lipinski definition) is 4. The number of nitrogens with one attached hydrogen (secondary N) is 2. The number of primary amides is 1. The molecule has 13 heteroatoms. The summed E-state index contributed by atoms with van der Waals surface area (Å²) in [7, 11) is 0. The van der Waals surface area contributed by atoms with Crippen LogP contribution >= 0.6 is 24.0 Å². The molecule has 4 rings (SSSR count). The predicted molar refractivity (Wildman–Crippen MR) is 125 cm³/mol. The normalized spacial score (nSPS) is 9.29. The molecule has 0 aromatic carbocycles. The van der Waals surface area contributed by atoms with Gasteiger partial charge in [-0.3, -0.25) is 14.4 Å². The van der Waals surface area contributed by atoms with Gasteiger partial charge in [0.1, 0.15) is 11.0 Å². The van der Waals surface area contributed by atoms with E-state index in [1.807, 2.05) is 0 Å². The van der Waals surface area contributed by atoms with Crippen LogP contribution in [0.4, 0.5) is 0 Å². The van der Waals surface area contributed by atoms with E-state index in [2.05, 4.69) is 29.9 Å². The maximum absolute atomic E-state index is 11.2. The summed E-state index contributed by atoms with van der Waals surface area (Å²) in [6, 6.07) is 2.73. The molecule has 164 valence electrons. The minimum absolute atomic E-state index is 0. The number of hydrogen-bond acceptors (Lipinski definition) is 8. The van der Waals surface area contributed by atoms with Crippen LogP contribution in [0.5, 0.6) is 0 Å². The molecule has 0 unspecified atom stereocenters. The third-order valence-corrected chi connectivity index (χ3v) is 3.55. The second-order valence-corrected chi connectivity index (χ2v) is 5.24. The average molecular weight is 541 g/mol. The van der Waals surface area contributed by atoms with Crippen LogP contribution in [0, 0.1) is 0 Å². The van der Waals surface area contributed by atoms with E-state index in [1.54, 1.807) is 0 Å². The number of H-pyrrole nitrogens is 2. The van der Waals surface area contributed by atoms with Gasteiger partial charge in [-0.15, -0.1) is 24.0 Å². The molecule has 0 atom stereocenters. The molecule has 0 bridgehead atoms. The molecule has 4 aromatic heterocycles. The van der Waals surface area contributed by atoms with Gasteiger partial charge in [0.25, 0.3) is 17.0 Å². The van der Waals surface area contributed by atoms with E-state index in [0.717, 1.165) is 6.33 Å². The first kappa shape index (κ1) is 27.2. The van der Waals surface area contributed by atoms with Gasteiger partial charge in [0.05, 0.1) is 23.8 Å². The first-order chi connectivity index (χ1) is 13.4. The number of amides is 1. The fourth-order valence-corrected chi connectivity index (χ4v) is 2.32. The van der Waals surface area contributed by atoms with E-state index in [9.17, 15) is 19.2 Å². The number of fused-ring (bicyclic) bond motifs is 2. The van der Waals surface area contributed by atoms with Crippen LogP contribution in [-0.2, 0) is 0 Å². The number of nitrogens with two attached hydrogens (primary N) is 1. The molecule has 0 aliphatic rings. The third-order valence-electron chi connectivity index (χ3n) is 3.55. The molecule has 4 heterocycles. The Labute approximate surface area is 192 Å². The summed E-state index contributed by atoms with van der Waals surface area (Å²) in [6.45, 7) is 0. The number of pyridine rings is 2. The molecule has 0 radical (unpaired) electrons. The van der Waals surface area contributed by atoms with Crippen molar-refractivity contribution in [3.8, 4) is 0 Å². The summed E-state index contributed by atoms with van der Waals surface area (Å²) in [5.74, 6) is -1.76. The Morgan fingerprint density at radius 1 is 0.774 bits per heavy atom. The smallest absolute Gasteiger partial charge is 0.338 e. The van der Waals surface area contributed by atoms with E-state index in [4.69, 9.17) is 10.8 Å². The summed E-state index contributed by atoms with van der Waals surface area (Å²) in [4.78, 5) is 64.0. The number of nitrogens with zero attached hydrogens (tertiary/aromatic N) is 4. The molecule has 12 nitrogen and oxygen atoms in total. The largest absolute Gasteiger partial charge is 0.478 e. The van der Waals surface area contributed by atoms with Gasteiger partial charge in [0.15, 0.2) is 11.0 Å². The van der Waals surface area contributed by atoms with Gasteiger partial charge in [-0.05, 0) is 12.1 Å². The number of rotatable bonds is 2. The number of aromatic amines is 2. The van der Waals surface area contributed by atoms with Gasteiger partial charge in [0, 0.05) is 12.4 Å². The fraction of sp³-hybridized carbons (Fsp3) is 0.111. The number of aromatic nitrogens is 6. The van der Waals surface area contributed by atoms with Crippen molar-refractivity contribution in [2.24, 2.45) is 5.73 Å². The molecule has 0 saturated carbocycles. The lowest BCUT2D eigenvalue weighted by Crippen LogP contribution is -2.15. The Balaban J connectivity index is 0.000000529. The number of carboxylic acids is 1. The second-order valence-electron chi connectivity index (χ2n) is 5.24. The third kappa shape index (κ3) is 5.65. The van der Waals surface area contributed by atoms with E-state index in [-0.39, 0.29) is 72.0 Å². The Kier molecular flexibility index (Phi) is 10.1. The van der Waals surface area contributed by atoms with Crippen molar-refractivity contribution in [1.29, 1.82) is 0 Å². The van der Waals surface area contributed by atoms with Crippen molar-refractivity contribution in [1.82, 2.24) is 29.9 Å². The van der Waals surface area contributed by atoms with E-state index in [0.29, 0.717) is 0 Å². The van der Waals surface area contributed by atoms with Gasteiger partial charge in [-0.2, -0.15) is 0 Å². The van der Waals surface area contributed by atoms with Crippen molar-refractivity contribution >= 4 is 57.9 Å². The summed E-state index contributed by atoms with van der Waals surface area (Å²) in [5.41, 5.74) is 4.92. The van der Waals surface area contributed by atoms with Crippen LogP contribution in [0.15, 0.2) is 46.8 Å². The molecular weight excluding hydrogens is 521 g/mol. The first-order valence-electron chi connectivity index (χ1n) is 7.58. The number of carboxylic acid groups (broad SMARTS) is 1. The highest BCUT2D eigenvalue weighted by molar-refractivity contribution is 14.0. The first-order valence-corrected chi connectivity index (χ1v) is 7.58. The topological polar surface area (TPSA) is 198 Å². The molecule has 0 aliphatic carbocycles. The molecule has 0 aliphatic heterocycles. The van der Waals surface area contributed by atoms with Crippen LogP contribution in [0.25, 0.3) is 22.1 Å². The quantitative estimate of drug-likeness (QED) is 0.270. The van der Waals surface area contributed by atoms with Crippen LogP contribution in [0.3, 0.4) is 0 Å². The lowest BCUT2D eigenvalue weighted by Gasteiger charge is -1.98. The Morgan fingerprint density at radius 2 is 1.19 bits per heavy atom. The number of carbonyl (C=O) groups is 2. The van der Waals surface area contributed by atoms with Gasteiger partial charge in [-0.1, -0.05) is 14.9 Å². The monoisotopic (exact) mass is 541 g/mol. The lowest BCUT2D eigenvalue weighted by atomic mass is 10.2. The van der Waals surface area contributed by atoms with Gasteiger partial charge >= 0.3 is 5.97 Å². The van der Waals surface area contributed by atoms with Gasteiger partial charge < -0.3 is 20.8 Å². The van der Waals surface area contributed by atoms with E-state index >= 15 is 0 Å². The Hall–Kier alpha value is -3.75. The van der Waals surface area contributed by atoms with Crippen LogP contribution < -0.4 is 16.9 Å². The molecule has 0 saturated heterocycles. The summed E-state index contributed by atoms with van der Waals surface area (Å²) in [5, 5.41) is 8.79. The van der Waals surface area contributed by atoms with Crippen molar-refractivity contribution in [3.63, 3.8) is 0 Å². The molecular formula is C18H20IN7O5. The van der Waals surface area contributed by atoms with Crippen LogP contribution in [0.2, 0.25) is 0 Å². The van der Waals surface area contributed by atoms with Crippen molar-refractivity contribution in [2.45, 2.75) is 14.9 Å². The van der Waals surface area contributed by atoms with Crippen molar-refractivity contribution in [3.05, 3.63) is 69.0 Å². The SMILES string of the molecule is C.C.I.NC(=O)c1ccnc2c(=O)[nH]cnc12.O=C(O)c1ccnc2c(=O)[nH]cnc12. The summed E-state index contributed by atoms with van der Waals surface area (Å²) >= 11 is 0. The highest BCUT2D eigenvalue weighted by Crippen LogP contribution is 2.09. The maximum Gasteiger partial charge on any atom is 0.338 e. The molecule has 1 amide bonds. The Bertz CT molecular complexity index is 1230. The highest BCUT2D eigenvalue weighted by Gasteiger charge is 2.11. The van der Waals surface area contributed by atoms with Crippen LogP contribution in [-0.4, -0.2) is 46.9 Å². The maximum atomic E-state index is 11.2. The van der Waals surface area contributed by atoms with Gasteiger partial charge in [0.2, 0.25) is 0 Å². The average Bonchev–Trinajstić information content (AvgIpc) is 2.68. The molecule has 5 N–H and O–H groups in total. The minimum Gasteiger partial charge on any atom is -0.478 e. The molecule has 4 aromatic rings.